The Morgan fingerprint density at radius 1 is 1.12 bits per heavy atom. The number of methoxy groups -OCH3 is 1. The normalized spacial score (nSPS) is 26.9. The number of rotatable bonds is 1. The molecule has 4 bridgehead atoms. The highest BCUT2D eigenvalue weighted by Gasteiger charge is 2.42. The maximum absolute atomic E-state index is 13.0. The number of nitrogens with zero attached hydrogens (tertiary/aromatic N) is 2. The van der Waals surface area contributed by atoms with Crippen molar-refractivity contribution in [1.29, 1.82) is 0 Å². The third-order valence-electron chi connectivity index (χ3n) is 7.10. The Balaban J connectivity index is 1.51. The number of esters is 1. The van der Waals surface area contributed by atoms with Crippen LogP contribution in [-0.2, 0) is 38.6 Å². The highest BCUT2D eigenvalue weighted by Crippen LogP contribution is 2.29. The van der Waals surface area contributed by atoms with E-state index in [0.29, 0.717) is 13.1 Å². The van der Waals surface area contributed by atoms with E-state index in [1.165, 1.54) is 28.7 Å². The van der Waals surface area contributed by atoms with Crippen LogP contribution < -0.4 is 5.32 Å². The molecule has 0 saturated carbocycles. The summed E-state index contributed by atoms with van der Waals surface area (Å²) in [5.41, 5.74) is 3.73. The second-order valence-corrected chi connectivity index (χ2v) is 9.47. The van der Waals surface area contributed by atoms with Crippen LogP contribution in [0.15, 0.2) is 18.2 Å². The van der Waals surface area contributed by atoms with Crippen molar-refractivity contribution >= 4 is 18.0 Å². The van der Waals surface area contributed by atoms with Crippen molar-refractivity contribution in [2.45, 2.75) is 83.1 Å². The van der Waals surface area contributed by atoms with Gasteiger partial charge in [-0.25, -0.2) is 9.59 Å². The van der Waals surface area contributed by atoms with Gasteiger partial charge in [0.2, 0.25) is 5.91 Å². The number of carbonyl (C=O) groups excluding carboxylic acids is 3. The first-order valence-electron chi connectivity index (χ1n) is 12.1. The van der Waals surface area contributed by atoms with Gasteiger partial charge in [0.15, 0.2) is 0 Å². The van der Waals surface area contributed by atoms with Gasteiger partial charge in [0, 0.05) is 25.6 Å². The maximum atomic E-state index is 13.0. The van der Waals surface area contributed by atoms with Crippen LogP contribution in [0.25, 0.3) is 0 Å². The molecule has 180 valence electrons. The SMILES string of the molecule is COC(=O)[C@@H]1C[C@@H]2CN1C(=O)CNC(C)CCCCCCc1cccc3c1CN(C3)C(=O)O2. The highest BCUT2D eigenvalue weighted by molar-refractivity contribution is 5.86. The van der Waals surface area contributed by atoms with E-state index in [2.05, 4.69) is 30.4 Å². The Morgan fingerprint density at radius 2 is 1.91 bits per heavy atom. The molecule has 2 amide bonds. The molecule has 3 heterocycles. The van der Waals surface area contributed by atoms with Gasteiger partial charge in [0.05, 0.1) is 20.2 Å². The van der Waals surface area contributed by atoms with Crippen LogP contribution in [0.3, 0.4) is 0 Å². The zero-order valence-electron chi connectivity index (χ0n) is 19.7. The van der Waals surface area contributed by atoms with Crippen molar-refractivity contribution in [2.24, 2.45) is 0 Å². The quantitative estimate of drug-likeness (QED) is 0.653. The van der Waals surface area contributed by atoms with Gasteiger partial charge in [0.25, 0.3) is 0 Å². The van der Waals surface area contributed by atoms with Crippen molar-refractivity contribution in [1.82, 2.24) is 15.1 Å². The molecule has 3 aliphatic heterocycles. The predicted molar refractivity (Wildman–Crippen MR) is 122 cm³/mol. The Morgan fingerprint density at radius 3 is 2.73 bits per heavy atom. The Hall–Kier alpha value is -2.61. The molecule has 8 heteroatoms. The summed E-state index contributed by atoms with van der Waals surface area (Å²) in [5, 5.41) is 3.28. The van der Waals surface area contributed by atoms with Gasteiger partial charge >= 0.3 is 12.1 Å². The summed E-state index contributed by atoms with van der Waals surface area (Å²) in [6.07, 6.45) is 5.92. The summed E-state index contributed by atoms with van der Waals surface area (Å²) in [6.45, 7) is 3.51. The van der Waals surface area contributed by atoms with Crippen molar-refractivity contribution < 1.29 is 23.9 Å². The number of ether oxygens (including phenoxy) is 2. The molecule has 3 aliphatic rings. The first-order chi connectivity index (χ1) is 16.0. The molecule has 3 atom stereocenters. The third-order valence-corrected chi connectivity index (χ3v) is 7.10. The minimum Gasteiger partial charge on any atom is -0.467 e. The standard InChI is InChI=1S/C25H35N3O5/c1-17-8-5-3-4-6-9-18-10-7-11-19-14-27(16-21(18)19)25(31)33-20-12-22(24(30)32-2)28(15-20)23(29)13-26-17/h7,10-11,17,20,22,26H,3-6,8-9,12-16H2,1-2H3/t17?,20-,22+/m1/s1. The van der Waals surface area contributed by atoms with E-state index in [0.717, 1.165) is 38.5 Å². The van der Waals surface area contributed by atoms with Gasteiger partial charge in [-0.2, -0.15) is 0 Å². The van der Waals surface area contributed by atoms with Gasteiger partial charge in [-0.15, -0.1) is 0 Å². The fourth-order valence-corrected chi connectivity index (χ4v) is 5.17. The second-order valence-electron chi connectivity index (χ2n) is 9.47. The number of hydrogen-bond acceptors (Lipinski definition) is 6. The predicted octanol–water partition coefficient (Wildman–Crippen LogP) is 2.77. The largest absolute Gasteiger partial charge is 0.467 e. The minimum absolute atomic E-state index is 0.151. The van der Waals surface area contributed by atoms with Crippen LogP contribution in [0, 0.1) is 0 Å². The van der Waals surface area contributed by atoms with Gasteiger partial charge in [0.1, 0.15) is 12.1 Å². The molecule has 1 unspecified atom stereocenters. The molecule has 4 rings (SSSR count). The Kier molecular flexibility index (Phi) is 7.53. The monoisotopic (exact) mass is 457 g/mol. The van der Waals surface area contributed by atoms with Gasteiger partial charge in [-0.1, -0.05) is 37.5 Å². The van der Waals surface area contributed by atoms with Crippen LogP contribution in [0.4, 0.5) is 4.79 Å². The number of nitrogens with one attached hydrogen (secondary N) is 1. The molecule has 1 N–H and O–H groups in total. The lowest BCUT2D eigenvalue weighted by molar-refractivity contribution is -0.150. The summed E-state index contributed by atoms with van der Waals surface area (Å²) >= 11 is 0. The van der Waals surface area contributed by atoms with Crippen LogP contribution in [-0.4, -0.2) is 66.2 Å². The number of carbonyl (C=O) groups is 3. The smallest absolute Gasteiger partial charge is 0.410 e. The van der Waals surface area contributed by atoms with E-state index < -0.39 is 24.2 Å². The lowest BCUT2D eigenvalue weighted by Gasteiger charge is -2.23. The molecule has 0 spiro atoms. The molecule has 1 aromatic carbocycles. The summed E-state index contributed by atoms with van der Waals surface area (Å²) in [7, 11) is 1.31. The molecular formula is C25H35N3O5. The molecule has 1 fully saturated rings. The summed E-state index contributed by atoms with van der Waals surface area (Å²) in [5.74, 6) is -0.651. The van der Waals surface area contributed by atoms with Gasteiger partial charge in [-0.05, 0) is 42.9 Å². The third kappa shape index (κ3) is 5.49. The summed E-state index contributed by atoms with van der Waals surface area (Å²) in [6, 6.07) is 5.81. The molecular weight excluding hydrogens is 422 g/mol. The number of fused-ring (bicyclic) bond motifs is 3. The van der Waals surface area contributed by atoms with E-state index in [9.17, 15) is 14.4 Å². The van der Waals surface area contributed by atoms with E-state index in [-0.39, 0.29) is 31.5 Å². The van der Waals surface area contributed by atoms with Crippen molar-refractivity contribution in [3.05, 3.63) is 34.9 Å². The maximum Gasteiger partial charge on any atom is 0.410 e. The number of hydrogen-bond donors (Lipinski definition) is 1. The molecule has 33 heavy (non-hydrogen) atoms. The average molecular weight is 458 g/mol. The molecule has 0 radical (unpaired) electrons. The minimum atomic E-state index is -0.731. The van der Waals surface area contributed by atoms with Crippen LogP contribution >= 0.6 is 0 Å². The van der Waals surface area contributed by atoms with Crippen molar-refractivity contribution in [3.63, 3.8) is 0 Å². The van der Waals surface area contributed by atoms with Crippen LogP contribution in [0.2, 0.25) is 0 Å². The number of amides is 2. The highest BCUT2D eigenvalue weighted by atomic mass is 16.6. The molecule has 0 aromatic heterocycles. The van der Waals surface area contributed by atoms with E-state index >= 15 is 0 Å². The Bertz CT molecular complexity index is 889. The molecule has 0 aliphatic carbocycles. The summed E-state index contributed by atoms with van der Waals surface area (Å²) < 4.78 is 10.7. The number of aryl methyl sites for hydroxylation is 1. The topological polar surface area (TPSA) is 88.2 Å². The zero-order valence-corrected chi connectivity index (χ0v) is 19.7. The fraction of sp³-hybridized carbons (Fsp3) is 0.640. The first-order valence-corrected chi connectivity index (χ1v) is 12.1. The first kappa shape index (κ1) is 23.5. The van der Waals surface area contributed by atoms with E-state index in [1.54, 1.807) is 4.90 Å². The Labute approximate surface area is 195 Å². The van der Waals surface area contributed by atoms with Gasteiger partial charge < -0.3 is 19.7 Å². The van der Waals surface area contributed by atoms with Crippen molar-refractivity contribution in [2.75, 3.05) is 20.2 Å². The summed E-state index contributed by atoms with van der Waals surface area (Å²) in [4.78, 5) is 41.4. The lowest BCUT2D eigenvalue weighted by Crippen LogP contribution is -2.46. The lowest BCUT2D eigenvalue weighted by atomic mass is 9.98. The van der Waals surface area contributed by atoms with E-state index in [4.69, 9.17) is 9.47 Å². The fourth-order valence-electron chi connectivity index (χ4n) is 5.17. The molecule has 8 nitrogen and oxygen atoms in total. The van der Waals surface area contributed by atoms with E-state index in [1.807, 2.05) is 0 Å². The molecule has 1 saturated heterocycles. The van der Waals surface area contributed by atoms with Crippen LogP contribution in [0.1, 0.15) is 62.1 Å². The van der Waals surface area contributed by atoms with Gasteiger partial charge in [-0.3, -0.25) is 9.69 Å². The second kappa shape index (κ2) is 10.5. The average Bonchev–Trinajstić information content (AvgIpc) is 3.43. The van der Waals surface area contributed by atoms with Crippen LogP contribution in [0.5, 0.6) is 0 Å². The van der Waals surface area contributed by atoms with Crippen molar-refractivity contribution in [3.8, 4) is 0 Å². The molecule has 1 aromatic rings. The number of benzene rings is 1. The zero-order chi connectivity index (χ0) is 23.4.